The van der Waals surface area contributed by atoms with Crippen molar-refractivity contribution in [2.45, 2.75) is 13.0 Å². The van der Waals surface area contributed by atoms with E-state index in [4.69, 9.17) is 9.47 Å². The standard InChI is InChI=1S/C13H15N3O5/c1-7-12(16(18)19)11(15-13(17)14-7)9-5-4-8(20-2)6-10(9)21-3/h4-6,11H,1-3H3,(H2,14,15,17). The van der Waals surface area contributed by atoms with Crippen LogP contribution < -0.4 is 20.1 Å². The van der Waals surface area contributed by atoms with Crippen molar-refractivity contribution in [2.24, 2.45) is 0 Å². The van der Waals surface area contributed by atoms with Gasteiger partial charge in [0.2, 0.25) is 0 Å². The Morgan fingerprint density at radius 3 is 2.57 bits per heavy atom. The number of allylic oxidation sites excluding steroid dienone is 1. The van der Waals surface area contributed by atoms with Crippen LogP contribution in [0, 0.1) is 10.1 Å². The first kappa shape index (κ1) is 14.6. The summed E-state index contributed by atoms with van der Waals surface area (Å²) in [6.45, 7) is 1.49. The van der Waals surface area contributed by atoms with Crippen LogP contribution in [0.2, 0.25) is 0 Å². The quantitative estimate of drug-likeness (QED) is 0.648. The fourth-order valence-corrected chi connectivity index (χ4v) is 2.21. The zero-order chi connectivity index (χ0) is 15.6. The van der Waals surface area contributed by atoms with E-state index >= 15 is 0 Å². The van der Waals surface area contributed by atoms with Crippen molar-refractivity contribution in [1.82, 2.24) is 10.6 Å². The highest BCUT2D eigenvalue weighted by atomic mass is 16.6. The maximum Gasteiger partial charge on any atom is 0.320 e. The molecule has 2 rings (SSSR count). The van der Waals surface area contributed by atoms with Gasteiger partial charge in [-0.25, -0.2) is 4.79 Å². The number of rotatable bonds is 4. The molecule has 1 aromatic rings. The molecule has 1 aliphatic heterocycles. The van der Waals surface area contributed by atoms with Gasteiger partial charge in [0.25, 0.3) is 5.70 Å². The number of nitrogens with one attached hydrogen (secondary N) is 2. The zero-order valence-corrected chi connectivity index (χ0v) is 11.8. The zero-order valence-electron chi connectivity index (χ0n) is 11.8. The van der Waals surface area contributed by atoms with Gasteiger partial charge >= 0.3 is 6.03 Å². The van der Waals surface area contributed by atoms with Gasteiger partial charge < -0.3 is 20.1 Å². The van der Waals surface area contributed by atoms with Gasteiger partial charge in [0.1, 0.15) is 11.5 Å². The third kappa shape index (κ3) is 2.73. The Bertz CT molecular complexity index is 626. The number of amides is 2. The van der Waals surface area contributed by atoms with Crippen LogP contribution in [0.4, 0.5) is 4.79 Å². The molecule has 1 unspecified atom stereocenters. The number of nitro groups is 1. The smallest absolute Gasteiger partial charge is 0.320 e. The Morgan fingerprint density at radius 1 is 1.29 bits per heavy atom. The normalized spacial score (nSPS) is 17.9. The van der Waals surface area contributed by atoms with E-state index in [-0.39, 0.29) is 11.4 Å². The van der Waals surface area contributed by atoms with Gasteiger partial charge in [-0.15, -0.1) is 0 Å². The predicted octanol–water partition coefficient (Wildman–Crippen LogP) is 1.57. The van der Waals surface area contributed by atoms with E-state index in [0.29, 0.717) is 17.1 Å². The van der Waals surface area contributed by atoms with Crippen molar-refractivity contribution in [3.05, 3.63) is 45.3 Å². The summed E-state index contributed by atoms with van der Waals surface area (Å²) in [4.78, 5) is 22.4. The Kier molecular flexibility index (Phi) is 3.97. The molecule has 0 aromatic heterocycles. The Morgan fingerprint density at radius 2 is 2.00 bits per heavy atom. The molecule has 1 aromatic carbocycles. The molecular formula is C13H15N3O5. The van der Waals surface area contributed by atoms with Crippen LogP contribution in [0.25, 0.3) is 0 Å². The topological polar surface area (TPSA) is 103 Å². The molecule has 112 valence electrons. The van der Waals surface area contributed by atoms with Crippen LogP contribution in [0.1, 0.15) is 18.5 Å². The second-order valence-electron chi connectivity index (χ2n) is 4.41. The van der Waals surface area contributed by atoms with Crippen LogP contribution in [-0.2, 0) is 0 Å². The van der Waals surface area contributed by atoms with Crippen molar-refractivity contribution in [1.29, 1.82) is 0 Å². The predicted molar refractivity (Wildman–Crippen MR) is 73.6 cm³/mol. The molecule has 0 spiro atoms. The first-order valence-electron chi connectivity index (χ1n) is 6.12. The van der Waals surface area contributed by atoms with E-state index in [1.165, 1.54) is 21.1 Å². The van der Waals surface area contributed by atoms with Crippen LogP contribution in [0.3, 0.4) is 0 Å². The van der Waals surface area contributed by atoms with E-state index < -0.39 is 17.0 Å². The second-order valence-corrected chi connectivity index (χ2v) is 4.41. The molecule has 8 heteroatoms. The lowest BCUT2D eigenvalue weighted by Gasteiger charge is -2.24. The van der Waals surface area contributed by atoms with Crippen LogP contribution in [-0.4, -0.2) is 25.2 Å². The van der Waals surface area contributed by atoms with Crippen molar-refractivity contribution < 1.29 is 19.2 Å². The molecule has 8 nitrogen and oxygen atoms in total. The highest BCUT2D eigenvalue weighted by Crippen LogP contribution is 2.35. The van der Waals surface area contributed by atoms with Crippen LogP contribution in [0.5, 0.6) is 11.5 Å². The molecule has 1 aliphatic rings. The number of carbonyl (C=O) groups is 1. The lowest BCUT2D eigenvalue weighted by atomic mass is 10.00. The lowest BCUT2D eigenvalue weighted by Crippen LogP contribution is -2.45. The average molecular weight is 293 g/mol. The maximum absolute atomic E-state index is 11.6. The van der Waals surface area contributed by atoms with E-state index in [1.54, 1.807) is 18.2 Å². The van der Waals surface area contributed by atoms with Crippen LogP contribution >= 0.6 is 0 Å². The minimum absolute atomic E-state index is 0.127. The second kappa shape index (κ2) is 5.70. The molecule has 1 heterocycles. The first-order valence-corrected chi connectivity index (χ1v) is 6.12. The van der Waals surface area contributed by atoms with E-state index in [2.05, 4.69) is 10.6 Å². The summed E-state index contributed by atoms with van der Waals surface area (Å²) < 4.78 is 10.3. The molecule has 2 amide bonds. The van der Waals surface area contributed by atoms with Gasteiger partial charge in [0.05, 0.1) is 24.8 Å². The number of ether oxygens (including phenoxy) is 2. The van der Waals surface area contributed by atoms with Gasteiger partial charge in [-0.2, -0.15) is 0 Å². The third-order valence-electron chi connectivity index (χ3n) is 3.18. The SMILES string of the molecule is COc1ccc(C2NC(=O)NC(C)=C2[N+](=O)[O-])c(OC)c1. The molecule has 2 N–H and O–H groups in total. The number of benzene rings is 1. The number of urea groups is 1. The molecule has 0 saturated carbocycles. The number of methoxy groups -OCH3 is 2. The summed E-state index contributed by atoms with van der Waals surface area (Å²) in [5.41, 5.74) is 0.559. The number of nitrogens with zero attached hydrogens (tertiary/aromatic N) is 1. The summed E-state index contributed by atoms with van der Waals surface area (Å²) in [7, 11) is 2.96. The van der Waals surface area contributed by atoms with Gasteiger partial charge in [-0.05, 0) is 19.1 Å². The number of hydrogen-bond acceptors (Lipinski definition) is 5. The van der Waals surface area contributed by atoms with Gasteiger partial charge in [-0.1, -0.05) is 0 Å². The Labute approximate surface area is 120 Å². The maximum atomic E-state index is 11.6. The van der Waals surface area contributed by atoms with E-state index in [9.17, 15) is 14.9 Å². The summed E-state index contributed by atoms with van der Waals surface area (Å²) >= 11 is 0. The van der Waals surface area contributed by atoms with Crippen molar-refractivity contribution >= 4 is 6.03 Å². The third-order valence-corrected chi connectivity index (χ3v) is 3.18. The largest absolute Gasteiger partial charge is 0.497 e. The highest BCUT2D eigenvalue weighted by Gasteiger charge is 2.36. The van der Waals surface area contributed by atoms with Gasteiger partial charge in [0.15, 0.2) is 6.04 Å². The van der Waals surface area contributed by atoms with Crippen LogP contribution in [0.15, 0.2) is 29.6 Å². The summed E-state index contributed by atoms with van der Waals surface area (Å²) in [5, 5.41) is 16.2. The van der Waals surface area contributed by atoms with Crippen molar-refractivity contribution in [3.63, 3.8) is 0 Å². The minimum atomic E-state index is -0.894. The summed E-state index contributed by atoms with van der Waals surface area (Å²) in [6, 6.07) is 3.50. The fraction of sp³-hybridized carbons (Fsp3) is 0.308. The van der Waals surface area contributed by atoms with E-state index in [0.717, 1.165) is 0 Å². The number of carbonyl (C=O) groups excluding carboxylic acids is 1. The lowest BCUT2D eigenvalue weighted by molar-refractivity contribution is -0.432. The Balaban J connectivity index is 2.55. The molecule has 1 atom stereocenters. The molecule has 0 bridgehead atoms. The monoisotopic (exact) mass is 293 g/mol. The molecular weight excluding hydrogens is 278 g/mol. The van der Waals surface area contributed by atoms with Crippen molar-refractivity contribution in [3.8, 4) is 11.5 Å². The van der Waals surface area contributed by atoms with E-state index in [1.807, 2.05) is 0 Å². The van der Waals surface area contributed by atoms with Crippen molar-refractivity contribution in [2.75, 3.05) is 14.2 Å². The first-order chi connectivity index (χ1) is 9.97. The minimum Gasteiger partial charge on any atom is -0.497 e. The fourth-order valence-electron chi connectivity index (χ4n) is 2.21. The molecule has 21 heavy (non-hydrogen) atoms. The molecule has 0 fully saturated rings. The molecule has 0 saturated heterocycles. The number of hydrogen-bond donors (Lipinski definition) is 2. The van der Waals surface area contributed by atoms with Gasteiger partial charge in [-0.3, -0.25) is 10.1 Å². The summed E-state index contributed by atoms with van der Waals surface area (Å²) in [6.07, 6.45) is 0. The highest BCUT2D eigenvalue weighted by molar-refractivity contribution is 5.78. The van der Waals surface area contributed by atoms with Gasteiger partial charge in [0, 0.05) is 11.6 Å². The molecule has 0 aliphatic carbocycles. The summed E-state index contributed by atoms with van der Waals surface area (Å²) in [5.74, 6) is 0.952. The molecule has 0 radical (unpaired) electrons. The average Bonchev–Trinajstić information content (AvgIpc) is 2.45. The Hall–Kier alpha value is -2.77.